The number of halogens is 1. The van der Waals surface area contributed by atoms with Crippen LogP contribution in [0, 0.1) is 15.9 Å². The van der Waals surface area contributed by atoms with Crippen LogP contribution in [0.25, 0.3) is 0 Å². The fraction of sp³-hybridized carbons (Fsp3) is 0.176. The molecule has 0 aliphatic carbocycles. The Hall–Kier alpha value is -3.29. The summed E-state index contributed by atoms with van der Waals surface area (Å²) in [6.45, 7) is 0. The molecule has 2 rings (SSSR count). The van der Waals surface area contributed by atoms with Crippen LogP contribution < -0.4 is 10.1 Å². The summed E-state index contributed by atoms with van der Waals surface area (Å²) < 4.78 is 17.8. The van der Waals surface area contributed by atoms with Gasteiger partial charge in [0.2, 0.25) is 5.91 Å². The number of rotatable bonds is 7. The van der Waals surface area contributed by atoms with E-state index in [0.717, 1.165) is 0 Å². The summed E-state index contributed by atoms with van der Waals surface area (Å²) in [5, 5.41) is 13.3. The lowest BCUT2D eigenvalue weighted by Crippen LogP contribution is -2.14. The number of benzene rings is 2. The Balaban J connectivity index is 1.97. The number of anilines is 1. The Labute approximate surface area is 142 Å². The number of carbonyl (C=O) groups excluding carboxylic acids is 2. The highest BCUT2D eigenvalue weighted by Gasteiger charge is 2.14. The lowest BCUT2D eigenvalue weighted by molar-refractivity contribution is -0.384. The number of ketones is 1. The molecule has 2 aromatic rings. The van der Waals surface area contributed by atoms with Crippen molar-refractivity contribution in [1.82, 2.24) is 0 Å². The maximum Gasteiger partial charge on any atom is 0.273 e. The van der Waals surface area contributed by atoms with Gasteiger partial charge in [-0.25, -0.2) is 4.39 Å². The van der Waals surface area contributed by atoms with Gasteiger partial charge in [-0.15, -0.1) is 0 Å². The summed E-state index contributed by atoms with van der Waals surface area (Å²) in [4.78, 5) is 34.1. The van der Waals surface area contributed by atoms with Crippen LogP contribution in [0.15, 0.2) is 42.5 Å². The zero-order valence-corrected chi connectivity index (χ0v) is 13.3. The third-order valence-corrected chi connectivity index (χ3v) is 3.42. The quantitative estimate of drug-likeness (QED) is 0.471. The van der Waals surface area contributed by atoms with Crippen LogP contribution in [0.4, 0.5) is 15.8 Å². The molecule has 8 heteroatoms. The molecule has 0 unspecified atom stereocenters. The van der Waals surface area contributed by atoms with E-state index in [0.29, 0.717) is 5.56 Å². The molecule has 130 valence electrons. The minimum atomic E-state index is -0.574. The van der Waals surface area contributed by atoms with Crippen molar-refractivity contribution in [2.45, 2.75) is 12.8 Å². The van der Waals surface area contributed by atoms with Crippen LogP contribution in [-0.4, -0.2) is 23.7 Å². The van der Waals surface area contributed by atoms with E-state index in [4.69, 9.17) is 4.74 Å². The number of Topliss-reactive ketones (excluding diaryl/α,β-unsaturated/α-hetero) is 1. The molecule has 0 bridgehead atoms. The molecular formula is C17H15FN2O5. The molecule has 0 aromatic heterocycles. The molecule has 0 atom stereocenters. The smallest absolute Gasteiger partial charge is 0.273 e. The number of nitro benzene ring substituents is 1. The number of nitrogens with one attached hydrogen (secondary N) is 1. The molecule has 0 saturated carbocycles. The molecule has 0 fully saturated rings. The van der Waals surface area contributed by atoms with E-state index in [1.807, 2.05) is 0 Å². The van der Waals surface area contributed by atoms with E-state index in [9.17, 15) is 24.1 Å². The number of ether oxygens (including phenoxy) is 1. The van der Waals surface area contributed by atoms with Gasteiger partial charge < -0.3 is 10.1 Å². The summed E-state index contributed by atoms with van der Waals surface area (Å²) in [5.74, 6) is -1.03. The van der Waals surface area contributed by atoms with Gasteiger partial charge in [0.15, 0.2) is 5.78 Å². The van der Waals surface area contributed by atoms with E-state index < -0.39 is 16.6 Å². The number of amides is 1. The average Bonchev–Trinajstić information content (AvgIpc) is 2.60. The van der Waals surface area contributed by atoms with Gasteiger partial charge in [0.25, 0.3) is 5.69 Å². The predicted octanol–water partition coefficient (Wildman–Crippen LogP) is 3.34. The standard InChI is InChI=1S/C17H15FN2O5/c1-25-16-10-13(20(23)24)6-7-14(16)19-17(22)9-8-15(21)11-2-4-12(18)5-3-11/h2-7,10H,8-9H2,1H3,(H,19,22). The monoisotopic (exact) mass is 346 g/mol. The maximum atomic E-state index is 12.8. The molecule has 7 nitrogen and oxygen atoms in total. The third-order valence-electron chi connectivity index (χ3n) is 3.42. The summed E-state index contributed by atoms with van der Waals surface area (Å²) in [5.41, 5.74) is 0.427. The van der Waals surface area contributed by atoms with Crippen molar-refractivity contribution in [3.8, 4) is 5.75 Å². The number of hydrogen-bond acceptors (Lipinski definition) is 5. The number of nitrogens with zero attached hydrogens (tertiary/aromatic N) is 1. The first-order chi connectivity index (χ1) is 11.9. The first-order valence-corrected chi connectivity index (χ1v) is 7.31. The molecule has 0 aliphatic rings. The Bertz CT molecular complexity index is 805. The molecule has 0 radical (unpaired) electrons. The molecule has 1 N–H and O–H groups in total. The fourth-order valence-electron chi connectivity index (χ4n) is 2.12. The van der Waals surface area contributed by atoms with Crippen molar-refractivity contribution >= 4 is 23.1 Å². The summed E-state index contributed by atoms with van der Waals surface area (Å²) in [6.07, 6.45) is -0.136. The van der Waals surface area contributed by atoms with E-state index in [1.54, 1.807) is 0 Å². The molecule has 0 heterocycles. The molecular weight excluding hydrogens is 331 g/mol. The van der Waals surface area contributed by atoms with Gasteiger partial charge in [0.1, 0.15) is 11.6 Å². The fourth-order valence-corrected chi connectivity index (χ4v) is 2.12. The minimum Gasteiger partial charge on any atom is -0.494 e. The van der Waals surface area contributed by atoms with Crippen molar-refractivity contribution in [1.29, 1.82) is 0 Å². The highest BCUT2D eigenvalue weighted by molar-refractivity contribution is 6.00. The second kappa shape index (κ2) is 8.00. The Kier molecular flexibility index (Phi) is 5.78. The highest BCUT2D eigenvalue weighted by atomic mass is 19.1. The molecule has 0 aliphatic heterocycles. The average molecular weight is 346 g/mol. The van der Waals surface area contributed by atoms with E-state index in [2.05, 4.69) is 5.32 Å². The van der Waals surface area contributed by atoms with Crippen molar-refractivity contribution in [3.63, 3.8) is 0 Å². The van der Waals surface area contributed by atoms with Crippen molar-refractivity contribution in [2.24, 2.45) is 0 Å². The lowest BCUT2D eigenvalue weighted by Gasteiger charge is -2.09. The van der Waals surface area contributed by atoms with Crippen LogP contribution in [-0.2, 0) is 4.79 Å². The number of non-ortho nitro benzene ring substituents is 1. The topological polar surface area (TPSA) is 98.5 Å². The van der Waals surface area contributed by atoms with Gasteiger partial charge in [-0.3, -0.25) is 19.7 Å². The number of carbonyl (C=O) groups is 2. The number of hydrogen-bond donors (Lipinski definition) is 1. The zero-order chi connectivity index (χ0) is 18.4. The summed E-state index contributed by atoms with van der Waals surface area (Å²) >= 11 is 0. The molecule has 0 spiro atoms. The van der Waals surface area contributed by atoms with Crippen molar-refractivity contribution in [2.75, 3.05) is 12.4 Å². The van der Waals surface area contributed by atoms with Crippen LogP contribution in [0.3, 0.4) is 0 Å². The summed E-state index contributed by atoms with van der Waals surface area (Å²) in [6, 6.07) is 8.85. The van der Waals surface area contributed by atoms with Gasteiger partial charge in [0.05, 0.1) is 23.8 Å². The second-order valence-electron chi connectivity index (χ2n) is 5.12. The van der Waals surface area contributed by atoms with Gasteiger partial charge in [-0.1, -0.05) is 0 Å². The lowest BCUT2D eigenvalue weighted by atomic mass is 10.1. The molecule has 1 amide bonds. The normalized spacial score (nSPS) is 10.2. The van der Waals surface area contributed by atoms with Gasteiger partial charge in [-0.2, -0.15) is 0 Å². The van der Waals surface area contributed by atoms with Crippen molar-refractivity contribution < 1.29 is 23.6 Å². The first kappa shape index (κ1) is 18.1. The number of methoxy groups -OCH3 is 1. The second-order valence-corrected chi connectivity index (χ2v) is 5.12. The van der Waals surface area contributed by atoms with Crippen molar-refractivity contribution in [3.05, 3.63) is 64.0 Å². The van der Waals surface area contributed by atoms with Crippen LogP contribution in [0.1, 0.15) is 23.2 Å². The SMILES string of the molecule is COc1cc([N+](=O)[O-])ccc1NC(=O)CCC(=O)c1ccc(F)cc1. The minimum absolute atomic E-state index is 0.0488. The molecule has 25 heavy (non-hydrogen) atoms. The predicted molar refractivity (Wildman–Crippen MR) is 88.2 cm³/mol. The van der Waals surface area contributed by atoms with E-state index in [1.165, 1.54) is 49.6 Å². The maximum absolute atomic E-state index is 12.8. The summed E-state index contributed by atoms with van der Waals surface area (Å²) in [7, 11) is 1.33. The van der Waals surface area contributed by atoms with Gasteiger partial charge in [0, 0.05) is 24.5 Å². The zero-order valence-electron chi connectivity index (χ0n) is 13.3. The Morgan fingerprint density at radius 2 is 1.84 bits per heavy atom. The van der Waals surface area contributed by atoms with Crippen LogP contribution >= 0.6 is 0 Å². The first-order valence-electron chi connectivity index (χ1n) is 7.31. The third kappa shape index (κ3) is 4.84. The van der Waals surface area contributed by atoms with E-state index >= 15 is 0 Å². The Morgan fingerprint density at radius 3 is 2.44 bits per heavy atom. The van der Waals surface area contributed by atoms with E-state index in [-0.39, 0.29) is 35.7 Å². The van der Waals surface area contributed by atoms with Gasteiger partial charge >= 0.3 is 0 Å². The Morgan fingerprint density at radius 1 is 1.16 bits per heavy atom. The molecule has 0 saturated heterocycles. The molecule has 2 aromatic carbocycles. The number of nitro groups is 1. The largest absolute Gasteiger partial charge is 0.494 e. The highest BCUT2D eigenvalue weighted by Crippen LogP contribution is 2.29. The van der Waals surface area contributed by atoms with Crippen LogP contribution in [0.2, 0.25) is 0 Å². The van der Waals surface area contributed by atoms with Gasteiger partial charge in [-0.05, 0) is 30.3 Å². The van der Waals surface area contributed by atoms with Crippen LogP contribution in [0.5, 0.6) is 5.75 Å².